The molecule has 4 aliphatic rings. The molecule has 2 aliphatic carbocycles. The molecule has 2 N–H and O–H groups in total. The van der Waals surface area contributed by atoms with Crippen LogP contribution in [0.25, 0.3) is 0 Å². The van der Waals surface area contributed by atoms with E-state index < -0.39 is 0 Å². The second-order valence-corrected chi connectivity index (χ2v) is 8.56. The third-order valence-electron chi connectivity index (χ3n) is 7.75. The van der Waals surface area contributed by atoms with Crippen molar-refractivity contribution in [3.8, 4) is 0 Å². The van der Waals surface area contributed by atoms with Crippen molar-refractivity contribution in [2.45, 2.75) is 77.4 Å². The summed E-state index contributed by atoms with van der Waals surface area (Å²) in [6, 6.07) is 1.48. The number of fused-ring (bicyclic) bond motifs is 4. The average molecular weight is 276 g/mol. The summed E-state index contributed by atoms with van der Waals surface area (Å²) in [5.74, 6) is 1.37. The maximum Gasteiger partial charge on any atom is 0.224 e. The minimum Gasteiger partial charge on any atom is -0.353 e. The van der Waals surface area contributed by atoms with Crippen molar-refractivity contribution in [2.75, 3.05) is 0 Å². The first-order valence-electron chi connectivity index (χ1n) is 8.48. The quantitative estimate of drug-likeness (QED) is 0.813. The maximum atomic E-state index is 12.7. The molecule has 0 aromatic heterocycles. The molecule has 2 saturated carbocycles. The van der Waals surface area contributed by atoms with Crippen LogP contribution in [0.5, 0.6) is 0 Å². The highest BCUT2D eigenvalue weighted by Gasteiger charge is 2.61. The third-order valence-corrected chi connectivity index (χ3v) is 7.75. The standard InChI is InChI=1S/C17H28N2O/c1-16(2)10-6-7-17(16,3)14(8-10)19-15(20)12-9-11-4-5-13(12)18-11/h10-14,18H,4-9H2,1-3H3,(H,19,20). The largest absolute Gasteiger partial charge is 0.353 e. The fourth-order valence-electron chi connectivity index (χ4n) is 5.81. The van der Waals surface area contributed by atoms with Crippen LogP contribution in [0.3, 0.4) is 0 Å². The number of hydrogen-bond acceptors (Lipinski definition) is 2. The molecule has 6 atom stereocenters. The maximum absolute atomic E-state index is 12.7. The third kappa shape index (κ3) is 1.53. The van der Waals surface area contributed by atoms with Gasteiger partial charge < -0.3 is 10.6 Å². The van der Waals surface area contributed by atoms with Gasteiger partial charge in [-0.1, -0.05) is 20.8 Å². The molecule has 4 rings (SSSR count). The van der Waals surface area contributed by atoms with Crippen LogP contribution in [0.1, 0.15) is 59.3 Å². The monoisotopic (exact) mass is 276 g/mol. The Hall–Kier alpha value is -0.570. The first-order chi connectivity index (χ1) is 9.42. The van der Waals surface area contributed by atoms with Crippen LogP contribution in [-0.2, 0) is 4.79 Å². The van der Waals surface area contributed by atoms with Crippen LogP contribution < -0.4 is 10.6 Å². The molecule has 2 heterocycles. The van der Waals surface area contributed by atoms with Gasteiger partial charge in [-0.3, -0.25) is 4.79 Å². The highest BCUT2D eigenvalue weighted by atomic mass is 16.2. The van der Waals surface area contributed by atoms with Gasteiger partial charge in [-0.25, -0.2) is 0 Å². The molecule has 2 saturated heterocycles. The molecular formula is C17H28N2O. The van der Waals surface area contributed by atoms with E-state index in [9.17, 15) is 4.79 Å². The second-order valence-electron chi connectivity index (χ2n) is 8.56. The van der Waals surface area contributed by atoms with Gasteiger partial charge in [0.2, 0.25) is 5.91 Å². The van der Waals surface area contributed by atoms with Crippen molar-refractivity contribution >= 4 is 5.91 Å². The zero-order chi connectivity index (χ0) is 14.1. The van der Waals surface area contributed by atoms with Crippen molar-refractivity contribution < 1.29 is 4.79 Å². The lowest BCUT2D eigenvalue weighted by molar-refractivity contribution is -0.127. The minimum absolute atomic E-state index is 0.236. The summed E-state index contributed by atoms with van der Waals surface area (Å²) in [5.41, 5.74) is 0.691. The summed E-state index contributed by atoms with van der Waals surface area (Å²) in [6.07, 6.45) is 7.36. The first-order valence-corrected chi connectivity index (χ1v) is 8.48. The highest BCUT2D eigenvalue weighted by Crippen LogP contribution is 2.65. The second kappa shape index (κ2) is 4.00. The van der Waals surface area contributed by atoms with Gasteiger partial charge in [-0.2, -0.15) is 0 Å². The van der Waals surface area contributed by atoms with E-state index in [-0.39, 0.29) is 5.92 Å². The molecule has 6 unspecified atom stereocenters. The summed E-state index contributed by atoms with van der Waals surface area (Å²) in [4.78, 5) is 12.7. The Kier molecular flexibility index (Phi) is 2.62. The molecule has 0 radical (unpaired) electrons. The molecule has 0 aromatic carbocycles. The topological polar surface area (TPSA) is 41.1 Å². The smallest absolute Gasteiger partial charge is 0.224 e. The van der Waals surface area contributed by atoms with Gasteiger partial charge in [0.1, 0.15) is 0 Å². The van der Waals surface area contributed by atoms with E-state index >= 15 is 0 Å². The lowest BCUT2D eigenvalue weighted by Crippen LogP contribution is -2.50. The molecule has 112 valence electrons. The van der Waals surface area contributed by atoms with Crippen LogP contribution >= 0.6 is 0 Å². The van der Waals surface area contributed by atoms with Gasteiger partial charge in [0, 0.05) is 18.1 Å². The number of carbonyl (C=O) groups excluding carboxylic acids is 1. The zero-order valence-electron chi connectivity index (χ0n) is 13.0. The van der Waals surface area contributed by atoms with Crippen LogP contribution in [0, 0.1) is 22.7 Å². The van der Waals surface area contributed by atoms with Gasteiger partial charge >= 0.3 is 0 Å². The fourth-order valence-corrected chi connectivity index (χ4v) is 5.81. The Bertz CT molecular complexity index is 446. The van der Waals surface area contributed by atoms with Gasteiger partial charge in [-0.15, -0.1) is 0 Å². The molecular weight excluding hydrogens is 248 g/mol. The molecule has 3 nitrogen and oxygen atoms in total. The Labute approximate surface area is 122 Å². The number of carbonyl (C=O) groups is 1. The van der Waals surface area contributed by atoms with Crippen LogP contribution in [0.4, 0.5) is 0 Å². The molecule has 1 amide bonds. The van der Waals surface area contributed by atoms with Crippen LogP contribution in [0.15, 0.2) is 0 Å². The molecule has 4 fully saturated rings. The molecule has 20 heavy (non-hydrogen) atoms. The van der Waals surface area contributed by atoms with Crippen LogP contribution in [0.2, 0.25) is 0 Å². The van der Waals surface area contributed by atoms with E-state index in [0.29, 0.717) is 34.9 Å². The predicted molar refractivity (Wildman–Crippen MR) is 79.2 cm³/mol. The van der Waals surface area contributed by atoms with E-state index in [1.54, 1.807) is 0 Å². The van der Waals surface area contributed by atoms with Gasteiger partial charge in [-0.05, 0) is 55.3 Å². The normalized spacial score (nSPS) is 51.6. The molecule has 2 aliphatic heterocycles. The van der Waals surface area contributed by atoms with Gasteiger partial charge in [0.15, 0.2) is 0 Å². The van der Waals surface area contributed by atoms with Crippen molar-refractivity contribution in [3.05, 3.63) is 0 Å². The summed E-state index contributed by atoms with van der Waals surface area (Å²) in [5, 5.41) is 7.04. The molecule has 4 bridgehead atoms. The number of nitrogens with one attached hydrogen (secondary N) is 2. The van der Waals surface area contributed by atoms with Crippen molar-refractivity contribution in [1.82, 2.24) is 10.6 Å². The zero-order valence-corrected chi connectivity index (χ0v) is 13.0. The Morgan fingerprint density at radius 3 is 2.45 bits per heavy atom. The average Bonchev–Trinajstić information content (AvgIpc) is 3.10. The van der Waals surface area contributed by atoms with Crippen molar-refractivity contribution in [3.63, 3.8) is 0 Å². The van der Waals surface area contributed by atoms with Crippen molar-refractivity contribution in [1.29, 1.82) is 0 Å². The number of amides is 1. The Morgan fingerprint density at radius 1 is 1.15 bits per heavy atom. The summed E-state index contributed by atoms with van der Waals surface area (Å²) in [6.45, 7) is 7.23. The number of rotatable bonds is 2. The van der Waals surface area contributed by atoms with Crippen molar-refractivity contribution in [2.24, 2.45) is 22.7 Å². The van der Waals surface area contributed by atoms with E-state index in [2.05, 4.69) is 31.4 Å². The fraction of sp³-hybridized carbons (Fsp3) is 0.941. The Morgan fingerprint density at radius 2 is 1.95 bits per heavy atom. The van der Waals surface area contributed by atoms with E-state index in [1.807, 2.05) is 0 Å². The van der Waals surface area contributed by atoms with E-state index in [1.165, 1.54) is 32.1 Å². The lowest BCUT2D eigenvalue weighted by Gasteiger charge is -2.40. The first kappa shape index (κ1) is 13.1. The molecule has 3 heteroatoms. The predicted octanol–water partition coefficient (Wildman–Crippen LogP) is 2.46. The lowest BCUT2D eigenvalue weighted by atomic mass is 9.69. The summed E-state index contributed by atoms with van der Waals surface area (Å²) >= 11 is 0. The highest BCUT2D eigenvalue weighted by molar-refractivity contribution is 5.80. The van der Waals surface area contributed by atoms with E-state index in [0.717, 1.165) is 12.3 Å². The van der Waals surface area contributed by atoms with Crippen LogP contribution in [-0.4, -0.2) is 24.0 Å². The molecule has 0 aromatic rings. The van der Waals surface area contributed by atoms with Gasteiger partial charge in [0.05, 0.1) is 5.92 Å². The SMILES string of the molecule is CC1(C)C2CCC1(C)C(NC(=O)C1CC3CCC1N3)C2. The van der Waals surface area contributed by atoms with Gasteiger partial charge in [0.25, 0.3) is 0 Å². The number of hydrogen-bond donors (Lipinski definition) is 2. The Balaban J connectivity index is 1.47. The van der Waals surface area contributed by atoms with E-state index in [4.69, 9.17) is 0 Å². The summed E-state index contributed by atoms with van der Waals surface area (Å²) < 4.78 is 0. The molecule has 0 spiro atoms. The minimum atomic E-state index is 0.236. The summed E-state index contributed by atoms with van der Waals surface area (Å²) in [7, 11) is 0.